The van der Waals surface area contributed by atoms with Gasteiger partial charge in [-0.3, -0.25) is 9.89 Å². The summed E-state index contributed by atoms with van der Waals surface area (Å²) < 4.78 is 5.91. The van der Waals surface area contributed by atoms with Crippen LogP contribution in [0.3, 0.4) is 0 Å². The van der Waals surface area contributed by atoms with Crippen LogP contribution in [-0.2, 0) is 11.2 Å². The van der Waals surface area contributed by atoms with Crippen LogP contribution in [0, 0.1) is 6.92 Å². The number of aliphatic hydroxyl groups excluding tert-OH is 1. The predicted octanol–water partition coefficient (Wildman–Crippen LogP) is 3.67. The monoisotopic (exact) mass is 503 g/mol. The molecule has 0 fully saturated rings. The molecule has 0 saturated heterocycles. The third kappa shape index (κ3) is 7.48. The number of rotatable bonds is 13. The van der Waals surface area contributed by atoms with E-state index in [-0.39, 0.29) is 18.9 Å². The van der Waals surface area contributed by atoms with Crippen LogP contribution in [0.4, 0.5) is 17.3 Å². The average molecular weight is 504 g/mol. The van der Waals surface area contributed by atoms with E-state index in [1.165, 1.54) is 6.33 Å². The molecule has 0 radical (unpaired) electrons. The van der Waals surface area contributed by atoms with Crippen LogP contribution in [0.1, 0.15) is 24.6 Å². The molecule has 0 aliphatic rings. The number of nitrogens with zero attached hydrogens (tertiary/aromatic N) is 4. The molecule has 10 heteroatoms. The third-order valence-electron chi connectivity index (χ3n) is 5.89. The van der Waals surface area contributed by atoms with Crippen molar-refractivity contribution in [2.45, 2.75) is 26.7 Å². The molecular formula is C27H33N7O3. The Morgan fingerprint density at radius 2 is 2.03 bits per heavy atom. The number of benzene rings is 2. The number of aromatic amines is 1. The Morgan fingerprint density at radius 3 is 2.84 bits per heavy atom. The number of hydrogen-bond donors (Lipinski definition) is 4. The van der Waals surface area contributed by atoms with Gasteiger partial charge in [-0.05, 0) is 49.7 Å². The number of ether oxygens (including phenoxy) is 1. The first-order valence-corrected chi connectivity index (χ1v) is 12.4. The molecule has 0 aliphatic carbocycles. The van der Waals surface area contributed by atoms with Gasteiger partial charge in [0.1, 0.15) is 17.9 Å². The average Bonchev–Trinajstić information content (AvgIpc) is 3.32. The van der Waals surface area contributed by atoms with Gasteiger partial charge in [0.2, 0.25) is 5.91 Å². The van der Waals surface area contributed by atoms with Gasteiger partial charge in [-0.25, -0.2) is 9.97 Å². The lowest BCUT2D eigenvalue weighted by Crippen LogP contribution is -2.28. The third-order valence-corrected chi connectivity index (χ3v) is 5.89. The summed E-state index contributed by atoms with van der Waals surface area (Å²) in [5.74, 6) is 1.78. The van der Waals surface area contributed by atoms with Crippen LogP contribution in [0.5, 0.6) is 5.75 Å². The number of hydrogen-bond acceptors (Lipinski definition) is 8. The molecule has 0 atom stereocenters. The van der Waals surface area contributed by atoms with Crippen LogP contribution in [0.15, 0.2) is 54.9 Å². The van der Waals surface area contributed by atoms with Gasteiger partial charge in [0, 0.05) is 42.0 Å². The minimum absolute atomic E-state index is 0.128. The molecule has 2 aromatic carbocycles. The summed E-state index contributed by atoms with van der Waals surface area (Å²) in [6.45, 7) is 7.27. The smallest absolute Gasteiger partial charge is 0.230 e. The molecule has 0 unspecified atom stereocenters. The molecule has 0 saturated carbocycles. The van der Waals surface area contributed by atoms with E-state index in [1.807, 2.05) is 49.4 Å². The maximum absolute atomic E-state index is 12.4. The zero-order valence-corrected chi connectivity index (χ0v) is 21.2. The Labute approximate surface area is 216 Å². The lowest BCUT2D eigenvalue weighted by atomic mass is 10.2. The van der Waals surface area contributed by atoms with E-state index in [2.05, 4.69) is 42.6 Å². The second-order valence-electron chi connectivity index (χ2n) is 8.76. The first kappa shape index (κ1) is 26.1. The molecule has 194 valence electrons. The summed E-state index contributed by atoms with van der Waals surface area (Å²) in [4.78, 5) is 23.3. The van der Waals surface area contributed by atoms with E-state index < -0.39 is 0 Å². The van der Waals surface area contributed by atoms with E-state index >= 15 is 0 Å². The number of carbonyl (C=O) groups excluding carboxylic acids is 1. The van der Waals surface area contributed by atoms with E-state index in [0.717, 1.165) is 47.4 Å². The van der Waals surface area contributed by atoms with Gasteiger partial charge in [-0.15, -0.1) is 0 Å². The zero-order valence-electron chi connectivity index (χ0n) is 21.2. The van der Waals surface area contributed by atoms with Crippen molar-refractivity contribution in [1.82, 2.24) is 25.1 Å². The van der Waals surface area contributed by atoms with Crippen molar-refractivity contribution in [3.05, 3.63) is 66.1 Å². The highest BCUT2D eigenvalue weighted by Gasteiger charge is 2.11. The molecule has 2 heterocycles. The maximum Gasteiger partial charge on any atom is 0.230 e. The Kier molecular flexibility index (Phi) is 9.01. The van der Waals surface area contributed by atoms with Crippen molar-refractivity contribution in [3.63, 3.8) is 0 Å². The summed E-state index contributed by atoms with van der Waals surface area (Å²) in [5.41, 5.74) is 3.28. The van der Waals surface area contributed by atoms with Gasteiger partial charge >= 0.3 is 0 Å². The Balaban J connectivity index is 1.34. The van der Waals surface area contributed by atoms with E-state index in [4.69, 9.17) is 9.84 Å². The lowest BCUT2D eigenvalue weighted by Gasteiger charge is -2.18. The standard InChI is InChI=1S/C27H33N7O3/c1-3-34(11-12-35)10-5-13-37-22-8-9-23-24(17-22)28-18-29-27(23)31-25-15-21(32-33-25)16-26(36)30-20-7-4-6-19(2)14-20/h4,6-9,14-15,17-18,35H,3,5,10-13,16H2,1-2H3,(H,30,36)(H2,28,29,31,32,33). The van der Waals surface area contributed by atoms with Gasteiger partial charge in [0.05, 0.1) is 25.2 Å². The number of H-pyrrole nitrogens is 1. The number of carbonyl (C=O) groups is 1. The lowest BCUT2D eigenvalue weighted by molar-refractivity contribution is -0.115. The number of anilines is 3. The molecule has 4 rings (SSSR count). The fourth-order valence-electron chi connectivity index (χ4n) is 4.01. The second kappa shape index (κ2) is 12.8. The quantitative estimate of drug-likeness (QED) is 0.204. The fourth-order valence-corrected chi connectivity index (χ4v) is 4.01. The summed E-state index contributed by atoms with van der Waals surface area (Å²) in [6, 6.07) is 15.2. The van der Waals surface area contributed by atoms with Crippen LogP contribution in [-0.4, -0.2) is 68.9 Å². The summed E-state index contributed by atoms with van der Waals surface area (Å²) in [5, 5.41) is 23.2. The number of aryl methyl sites for hydroxylation is 1. The molecule has 2 aromatic heterocycles. The first-order valence-electron chi connectivity index (χ1n) is 12.4. The van der Waals surface area contributed by atoms with Gasteiger partial charge in [-0.1, -0.05) is 19.1 Å². The highest BCUT2D eigenvalue weighted by Crippen LogP contribution is 2.26. The van der Waals surface area contributed by atoms with Crippen molar-refractivity contribution in [3.8, 4) is 5.75 Å². The Morgan fingerprint density at radius 1 is 1.14 bits per heavy atom. The summed E-state index contributed by atoms with van der Waals surface area (Å²) in [6.07, 6.45) is 2.53. The number of nitrogens with one attached hydrogen (secondary N) is 3. The molecule has 1 amide bonds. The van der Waals surface area contributed by atoms with E-state index in [1.54, 1.807) is 6.07 Å². The molecule has 37 heavy (non-hydrogen) atoms. The van der Waals surface area contributed by atoms with Gasteiger partial charge in [0.15, 0.2) is 5.82 Å². The van der Waals surface area contributed by atoms with Crippen molar-refractivity contribution in [2.75, 3.05) is 43.5 Å². The van der Waals surface area contributed by atoms with Gasteiger partial charge < -0.3 is 25.4 Å². The maximum atomic E-state index is 12.4. The minimum atomic E-state index is -0.128. The minimum Gasteiger partial charge on any atom is -0.493 e. The molecule has 0 spiro atoms. The molecule has 0 aliphatic heterocycles. The Hall–Kier alpha value is -4.02. The van der Waals surface area contributed by atoms with E-state index in [9.17, 15) is 4.79 Å². The predicted molar refractivity (Wildman–Crippen MR) is 144 cm³/mol. The number of aliphatic hydroxyl groups is 1. The summed E-state index contributed by atoms with van der Waals surface area (Å²) in [7, 11) is 0. The number of amides is 1. The van der Waals surface area contributed by atoms with Crippen molar-refractivity contribution in [1.29, 1.82) is 0 Å². The van der Waals surface area contributed by atoms with Crippen LogP contribution in [0.25, 0.3) is 10.9 Å². The molecule has 10 nitrogen and oxygen atoms in total. The highest BCUT2D eigenvalue weighted by molar-refractivity contribution is 5.93. The largest absolute Gasteiger partial charge is 0.493 e. The summed E-state index contributed by atoms with van der Waals surface area (Å²) >= 11 is 0. The Bertz CT molecular complexity index is 1320. The highest BCUT2D eigenvalue weighted by atomic mass is 16.5. The normalized spacial score (nSPS) is 11.1. The second-order valence-corrected chi connectivity index (χ2v) is 8.76. The van der Waals surface area contributed by atoms with Gasteiger partial charge in [0.25, 0.3) is 0 Å². The fraction of sp³-hybridized carbons (Fsp3) is 0.333. The molecule has 4 N–H and O–H groups in total. The topological polar surface area (TPSA) is 128 Å². The number of aromatic nitrogens is 4. The van der Waals surface area contributed by atoms with Crippen LogP contribution in [0.2, 0.25) is 0 Å². The van der Waals surface area contributed by atoms with Crippen molar-refractivity contribution < 1.29 is 14.6 Å². The van der Waals surface area contributed by atoms with Crippen molar-refractivity contribution >= 4 is 34.1 Å². The van der Waals surface area contributed by atoms with Crippen LogP contribution >= 0.6 is 0 Å². The SMILES string of the molecule is CCN(CCO)CCCOc1ccc2c(Nc3cc(CC(=O)Nc4cccc(C)c4)[nH]n3)ncnc2c1. The zero-order chi connectivity index (χ0) is 26.0. The van der Waals surface area contributed by atoms with Gasteiger partial charge in [-0.2, -0.15) is 5.10 Å². The first-order chi connectivity index (χ1) is 18.0. The number of fused-ring (bicyclic) bond motifs is 1. The van der Waals surface area contributed by atoms with Crippen LogP contribution < -0.4 is 15.4 Å². The van der Waals surface area contributed by atoms with E-state index in [0.29, 0.717) is 30.5 Å². The molecule has 4 aromatic rings. The number of likely N-dealkylation sites (N-methyl/N-ethyl adjacent to an activating group) is 1. The molecule has 0 bridgehead atoms. The molecular weight excluding hydrogens is 470 g/mol. The van der Waals surface area contributed by atoms with Crippen molar-refractivity contribution in [2.24, 2.45) is 0 Å².